The maximum Gasteiger partial charge on any atom is 0.174 e. The lowest BCUT2D eigenvalue weighted by Gasteiger charge is -2.32. The van der Waals surface area contributed by atoms with E-state index in [1.165, 1.54) is 0 Å². The maximum absolute atomic E-state index is 9.83. The van der Waals surface area contributed by atoms with Crippen LogP contribution in [0.3, 0.4) is 0 Å². The maximum atomic E-state index is 9.83. The van der Waals surface area contributed by atoms with Crippen LogP contribution < -0.4 is 0 Å². The third kappa shape index (κ3) is 6.82. The number of aliphatic hydroxyl groups is 1. The lowest BCUT2D eigenvalue weighted by molar-refractivity contribution is -0.146. The molecule has 0 unspecified atom stereocenters. The molecule has 0 aliphatic heterocycles. The fourth-order valence-electron chi connectivity index (χ4n) is 1.53. The first kappa shape index (κ1) is 12.1. The van der Waals surface area contributed by atoms with E-state index in [2.05, 4.69) is 33.9 Å². The predicted molar refractivity (Wildman–Crippen MR) is 54.7 cm³/mol. The van der Waals surface area contributed by atoms with E-state index in [0.29, 0.717) is 6.42 Å². The Hall–Kier alpha value is 0.137. The normalized spacial score (nSPS) is 18.0. The Kier molecular flexibility index (Phi) is 3.94. The molecule has 0 rings (SSSR count). The Morgan fingerprint density at radius 1 is 1.17 bits per heavy atom. The highest BCUT2D eigenvalue weighted by Crippen LogP contribution is 2.28. The molecule has 74 valence electrons. The van der Waals surface area contributed by atoms with E-state index in [4.69, 9.17) is 4.43 Å². The zero-order valence-electron chi connectivity index (χ0n) is 9.14. The number of hydrogen-bond donors (Lipinski definition) is 1. The van der Waals surface area contributed by atoms with Crippen molar-refractivity contribution in [2.24, 2.45) is 5.41 Å². The first-order chi connectivity index (χ1) is 5.12. The van der Waals surface area contributed by atoms with Crippen molar-refractivity contribution in [3.63, 3.8) is 0 Å². The summed E-state index contributed by atoms with van der Waals surface area (Å²) in [4.78, 5) is 0. The molecule has 0 aromatic carbocycles. The van der Waals surface area contributed by atoms with Gasteiger partial charge in [0.15, 0.2) is 14.8 Å². The van der Waals surface area contributed by atoms with Gasteiger partial charge in [0, 0.05) is 6.42 Å². The van der Waals surface area contributed by atoms with Crippen LogP contribution in [-0.2, 0) is 4.43 Å². The summed E-state index contributed by atoms with van der Waals surface area (Å²) in [6.07, 6.45) is 0.686. The smallest absolute Gasteiger partial charge is 0.174 e. The summed E-state index contributed by atoms with van der Waals surface area (Å²) >= 11 is 0. The van der Waals surface area contributed by atoms with Gasteiger partial charge in [-0.1, -0.05) is 20.8 Å². The molecule has 0 aromatic rings. The second-order valence-corrected chi connectivity index (χ2v) is 7.41. The molecule has 0 bridgehead atoms. The summed E-state index contributed by atoms with van der Waals surface area (Å²) < 4.78 is 5.51. The molecule has 3 heteroatoms. The van der Waals surface area contributed by atoms with Gasteiger partial charge in [0.25, 0.3) is 0 Å². The minimum absolute atomic E-state index is 0.118. The molecule has 12 heavy (non-hydrogen) atoms. The average Bonchev–Trinajstić information content (AvgIpc) is 1.48. The van der Waals surface area contributed by atoms with Crippen molar-refractivity contribution >= 4 is 9.04 Å². The van der Waals surface area contributed by atoms with Gasteiger partial charge in [-0.3, -0.25) is 0 Å². The summed E-state index contributed by atoms with van der Waals surface area (Å²) in [5, 5.41) is 9.83. The van der Waals surface area contributed by atoms with E-state index in [1.807, 2.05) is 0 Å². The van der Waals surface area contributed by atoms with Gasteiger partial charge < -0.3 is 9.53 Å². The molecule has 0 spiro atoms. The van der Waals surface area contributed by atoms with E-state index < -0.39 is 14.8 Å². The summed E-state index contributed by atoms with van der Waals surface area (Å²) in [7, 11) is -1.14. The highest BCUT2D eigenvalue weighted by molar-refractivity contribution is 6.48. The predicted octanol–water partition coefficient (Wildman–Crippen LogP) is 2.13. The molecule has 0 aliphatic rings. The SMILES string of the molecule is C[SiH](C)O[C@](C)(O)CC(C)(C)C. The van der Waals surface area contributed by atoms with Crippen LogP contribution in [0.25, 0.3) is 0 Å². The second kappa shape index (κ2) is 3.90. The van der Waals surface area contributed by atoms with E-state index in [-0.39, 0.29) is 5.41 Å². The van der Waals surface area contributed by atoms with Gasteiger partial charge in [0.2, 0.25) is 0 Å². The largest absolute Gasteiger partial charge is 0.394 e. The minimum atomic E-state index is -1.14. The number of rotatable bonds is 3. The van der Waals surface area contributed by atoms with Crippen molar-refractivity contribution in [2.45, 2.75) is 53.0 Å². The van der Waals surface area contributed by atoms with Crippen LogP contribution in [0.15, 0.2) is 0 Å². The molecule has 0 fully saturated rings. The van der Waals surface area contributed by atoms with Gasteiger partial charge in [0.1, 0.15) is 0 Å². The van der Waals surface area contributed by atoms with Crippen LogP contribution in [0.4, 0.5) is 0 Å². The van der Waals surface area contributed by atoms with Crippen LogP contribution in [0, 0.1) is 5.41 Å². The molecular formula is C9H22O2Si. The first-order valence-corrected chi connectivity index (χ1v) is 7.31. The van der Waals surface area contributed by atoms with Crippen LogP contribution in [0.2, 0.25) is 13.1 Å². The van der Waals surface area contributed by atoms with Crippen LogP contribution in [-0.4, -0.2) is 19.9 Å². The van der Waals surface area contributed by atoms with Gasteiger partial charge in [-0.25, -0.2) is 0 Å². The van der Waals surface area contributed by atoms with Gasteiger partial charge in [-0.05, 0) is 25.4 Å². The summed E-state index contributed by atoms with van der Waals surface area (Å²) in [5.41, 5.74) is 0.118. The monoisotopic (exact) mass is 190 g/mol. The van der Waals surface area contributed by atoms with Crippen molar-refractivity contribution in [1.29, 1.82) is 0 Å². The standard InChI is InChI=1S/C9H22O2Si/c1-8(2,3)7-9(4,10)11-12(5)6/h10,12H,7H2,1-6H3/t9-/m0/s1. The molecule has 0 radical (unpaired) electrons. The van der Waals surface area contributed by atoms with Crippen molar-refractivity contribution < 1.29 is 9.53 Å². The quantitative estimate of drug-likeness (QED) is 0.546. The minimum Gasteiger partial charge on any atom is -0.394 e. The first-order valence-electron chi connectivity index (χ1n) is 4.53. The summed E-state index contributed by atoms with van der Waals surface area (Å²) in [6, 6.07) is 0. The van der Waals surface area contributed by atoms with Crippen molar-refractivity contribution in [1.82, 2.24) is 0 Å². The average molecular weight is 190 g/mol. The molecular weight excluding hydrogens is 168 g/mol. The van der Waals surface area contributed by atoms with E-state index in [0.717, 1.165) is 0 Å². The Bertz CT molecular complexity index is 136. The molecule has 2 nitrogen and oxygen atoms in total. The van der Waals surface area contributed by atoms with E-state index in [1.54, 1.807) is 6.92 Å². The van der Waals surface area contributed by atoms with Gasteiger partial charge in [-0.2, -0.15) is 0 Å². The van der Waals surface area contributed by atoms with Crippen molar-refractivity contribution in [3.05, 3.63) is 0 Å². The van der Waals surface area contributed by atoms with E-state index in [9.17, 15) is 5.11 Å². The Balaban J connectivity index is 4.04. The lowest BCUT2D eigenvalue weighted by Crippen LogP contribution is -2.37. The molecule has 1 N–H and O–H groups in total. The van der Waals surface area contributed by atoms with Crippen LogP contribution in [0.5, 0.6) is 0 Å². The molecule has 0 heterocycles. The fraction of sp³-hybridized carbons (Fsp3) is 1.00. The second-order valence-electron chi connectivity index (χ2n) is 5.08. The third-order valence-corrected chi connectivity index (χ3v) is 2.33. The highest BCUT2D eigenvalue weighted by Gasteiger charge is 2.28. The zero-order chi connectivity index (χ0) is 9.99. The Labute approximate surface area is 77.7 Å². The molecule has 0 amide bonds. The molecule has 0 aliphatic carbocycles. The van der Waals surface area contributed by atoms with Crippen LogP contribution in [0.1, 0.15) is 34.1 Å². The summed E-state index contributed by atoms with van der Waals surface area (Å²) in [5.74, 6) is -0.932. The molecule has 1 atom stereocenters. The Morgan fingerprint density at radius 3 is 1.83 bits per heavy atom. The van der Waals surface area contributed by atoms with E-state index >= 15 is 0 Å². The molecule has 0 aromatic heterocycles. The van der Waals surface area contributed by atoms with Gasteiger partial charge in [-0.15, -0.1) is 0 Å². The van der Waals surface area contributed by atoms with Crippen molar-refractivity contribution in [3.8, 4) is 0 Å². The van der Waals surface area contributed by atoms with Crippen molar-refractivity contribution in [2.75, 3.05) is 0 Å². The van der Waals surface area contributed by atoms with Gasteiger partial charge >= 0.3 is 0 Å². The van der Waals surface area contributed by atoms with Gasteiger partial charge in [0.05, 0.1) is 0 Å². The number of hydrogen-bond acceptors (Lipinski definition) is 2. The summed E-state index contributed by atoms with van der Waals surface area (Å²) in [6.45, 7) is 12.2. The molecule has 0 saturated carbocycles. The topological polar surface area (TPSA) is 29.5 Å². The van der Waals surface area contributed by atoms with Crippen LogP contribution >= 0.6 is 0 Å². The third-order valence-electron chi connectivity index (χ3n) is 1.35. The fourth-order valence-corrected chi connectivity index (χ4v) is 2.63. The zero-order valence-corrected chi connectivity index (χ0v) is 10.3. The molecule has 0 saturated heterocycles. The lowest BCUT2D eigenvalue weighted by atomic mass is 9.88. The highest BCUT2D eigenvalue weighted by atomic mass is 28.3. The Morgan fingerprint density at radius 2 is 1.58 bits per heavy atom.